The Labute approximate surface area is 561 Å². The van der Waals surface area contributed by atoms with Crippen molar-refractivity contribution in [2.24, 2.45) is 11.5 Å². The second-order valence-electron chi connectivity index (χ2n) is 17.9. The number of aromatic nitrogens is 12. The van der Waals surface area contributed by atoms with Crippen molar-refractivity contribution in [1.82, 2.24) is 59.8 Å². The number of nitrogens with two attached hydrogens (primary N) is 2. The molecule has 0 saturated carbocycles. The molecule has 0 radical (unpaired) electrons. The highest BCUT2D eigenvalue weighted by Gasteiger charge is 2.09. The van der Waals surface area contributed by atoms with Gasteiger partial charge < -0.3 is 58.7 Å². The molecule has 0 bridgehead atoms. The van der Waals surface area contributed by atoms with Crippen LogP contribution in [0.15, 0.2) is 72.8 Å². The van der Waals surface area contributed by atoms with E-state index in [9.17, 15) is 13.2 Å². The van der Waals surface area contributed by atoms with Gasteiger partial charge in [0.2, 0.25) is 68.7 Å². The third-order valence-electron chi connectivity index (χ3n) is 10.2. The number of hydrogen-bond donors (Lipinski definition) is 10. The molecule has 0 fully saturated rings. The molecular weight excluding hydrogens is 1290 g/mol. The maximum Gasteiger partial charge on any atom is 0.229 e. The van der Waals surface area contributed by atoms with Crippen LogP contribution in [0, 0.1) is 17.5 Å². The maximum absolute atomic E-state index is 12.9. The summed E-state index contributed by atoms with van der Waals surface area (Å²) < 4.78 is 42.9. The molecule has 0 atom stereocenters. The lowest BCUT2D eigenvalue weighted by atomic mass is 10.2. The van der Waals surface area contributed by atoms with Crippen molar-refractivity contribution in [2.45, 2.75) is 127 Å². The van der Waals surface area contributed by atoms with E-state index in [1.807, 2.05) is 13.8 Å². The van der Waals surface area contributed by atoms with Crippen LogP contribution >= 0.6 is 71.2 Å². The second-order valence-corrected chi connectivity index (χ2v) is 19.3. The van der Waals surface area contributed by atoms with Crippen LogP contribution in [0.2, 0.25) is 21.1 Å². The smallest absolute Gasteiger partial charge is 0.229 e. The summed E-state index contributed by atoms with van der Waals surface area (Å²) in [5.74, 6) is 3.49. The van der Waals surface area contributed by atoms with Crippen LogP contribution in [-0.2, 0) is 24.4 Å². The lowest BCUT2D eigenvalue weighted by molar-refractivity contribution is 0.162. The minimum Gasteiger partial charge on any atom is -0.382 e. The quantitative estimate of drug-likeness (QED) is 0.0218. The Kier molecular flexibility index (Phi) is 52.6. The Balaban J connectivity index is 0. The highest BCUT2D eigenvalue weighted by atomic mass is 35.5. The summed E-state index contributed by atoms with van der Waals surface area (Å²) >= 11 is 21.7. The molecule has 7 rings (SSSR count). The van der Waals surface area contributed by atoms with Crippen molar-refractivity contribution in [3.63, 3.8) is 0 Å². The van der Waals surface area contributed by atoms with E-state index >= 15 is 0 Å². The van der Waals surface area contributed by atoms with E-state index in [1.54, 1.807) is 36.4 Å². The molecule has 0 saturated heterocycles. The summed E-state index contributed by atoms with van der Waals surface area (Å²) in [7, 11) is 0. The molecule has 7 aromatic rings. The predicted octanol–water partition coefficient (Wildman–Crippen LogP) is 14.1. The molecule has 0 aliphatic rings. The number of anilines is 8. The first kappa shape index (κ1) is 85.6. The first-order valence-electron chi connectivity index (χ1n) is 29.3. The molecule has 4 heterocycles. The summed E-state index contributed by atoms with van der Waals surface area (Å²) in [5.41, 5.74) is 13.2. The van der Waals surface area contributed by atoms with E-state index in [0.717, 1.165) is 121 Å². The average molecular weight is 1380 g/mol. The van der Waals surface area contributed by atoms with Crippen molar-refractivity contribution in [1.29, 1.82) is 0 Å². The highest BCUT2D eigenvalue weighted by molar-refractivity contribution is 6.33. The van der Waals surface area contributed by atoms with Crippen LogP contribution in [0.4, 0.5) is 60.8 Å². The molecule has 4 aromatic heterocycles. The highest BCUT2D eigenvalue weighted by Crippen LogP contribution is 2.15. The normalized spacial score (nSPS) is 9.71. The van der Waals surface area contributed by atoms with Gasteiger partial charge >= 0.3 is 0 Å². The van der Waals surface area contributed by atoms with Crippen LogP contribution in [0.3, 0.4) is 0 Å². The number of nitrogens with zero attached hydrogens (tertiary/aromatic N) is 12. The predicted molar refractivity (Wildman–Crippen MR) is 370 cm³/mol. The van der Waals surface area contributed by atoms with Crippen LogP contribution in [0.1, 0.15) is 124 Å². The summed E-state index contributed by atoms with van der Waals surface area (Å²) in [6.07, 6.45) is 7.08. The van der Waals surface area contributed by atoms with Crippen molar-refractivity contribution in [3.8, 4) is 0 Å². The fourth-order valence-corrected chi connectivity index (χ4v) is 6.62. The van der Waals surface area contributed by atoms with Gasteiger partial charge in [-0.2, -0.15) is 59.8 Å². The molecule has 0 aliphatic carbocycles. The fraction of sp³-hybridized carbons (Fsp3) is 0.483. The largest absolute Gasteiger partial charge is 0.382 e. The van der Waals surface area contributed by atoms with Gasteiger partial charge in [0.1, 0.15) is 17.5 Å². The van der Waals surface area contributed by atoms with E-state index in [-0.39, 0.29) is 63.4 Å². The molecule has 0 spiro atoms. The Morgan fingerprint density at radius 3 is 0.733 bits per heavy atom. The molecule has 3 aromatic carbocycles. The summed E-state index contributed by atoms with van der Waals surface area (Å²) in [6.45, 7) is 27.4. The number of rotatable bonds is 28. The zero-order chi connectivity index (χ0) is 65.2. The van der Waals surface area contributed by atoms with Gasteiger partial charge in [0.15, 0.2) is 0 Å². The Bertz CT molecular complexity index is 2630. The van der Waals surface area contributed by atoms with Crippen molar-refractivity contribution < 1.29 is 17.9 Å². The van der Waals surface area contributed by atoms with Crippen molar-refractivity contribution >= 4 is 119 Å². The number of nitrogens with one attached hydrogen (secondary N) is 8. The van der Waals surface area contributed by atoms with E-state index in [4.69, 9.17) is 62.6 Å². The van der Waals surface area contributed by atoms with Crippen molar-refractivity contribution in [3.05, 3.63) is 128 Å². The molecular formula is C58H91Cl6F3N22O. The molecule has 0 amide bonds. The fourth-order valence-electron chi connectivity index (χ4n) is 5.85. The summed E-state index contributed by atoms with van der Waals surface area (Å²) in [6, 6.07) is 18.8. The topological polar surface area (TPSA) is 312 Å². The Hall–Kier alpha value is -6.49. The average Bonchev–Trinajstić information content (AvgIpc) is 2.94. The van der Waals surface area contributed by atoms with Crippen LogP contribution in [0.5, 0.6) is 0 Å². The van der Waals surface area contributed by atoms with E-state index in [0.29, 0.717) is 67.2 Å². The number of ether oxygens (including phenoxy) is 1. The van der Waals surface area contributed by atoms with Crippen LogP contribution in [-0.4, -0.2) is 119 Å². The summed E-state index contributed by atoms with van der Waals surface area (Å²) in [4.78, 5) is 48.6. The van der Waals surface area contributed by atoms with Gasteiger partial charge in [-0.05, 0) is 165 Å². The van der Waals surface area contributed by atoms with E-state index in [2.05, 4.69) is 151 Å². The third kappa shape index (κ3) is 43.3. The standard InChI is InChI=1S/2C16H23FN6.C9H16ClN5.C7H8FN.C4H10O.C3Cl3N3.C3H9N.2ClH/c2*1-3-9-18-14-21-15(19-10-4-2)23-16(22-14)20-11-12-5-7-13(17)8-6-12;1-3-5-11-8-13-7(10)14-9(15-8)12-6-4-2;8-7-3-1-6(5-9)2-4-7;1-3-5-4-2;4-1-7-2(5)9-3(6)8-1;1-2-3-4;;/h2*5-8H,3-4,9-11H2,1-2H3,(H3,18,19,20,21,22,23);3-6H2,1-2H3,(H2,11,12,13,14,15);1-4H,5,9H2;3-4H2,1-2H3;;2-4H2,1H3;2*1H. The lowest BCUT2D eigenvalue weighted by Crippen LogP contribution is -2.13. The van der Waals surface area contributed by atoms with Crippen LogP contribution in [0.25, 0.3) is 0 Å². The Morgan fingerprint density at radius 2 is 0.533 bits per heavy atom. The van der Waals surface area contributed by atoms with Crippen LogP contribution < -0.4 is 54.0 Å². The molecule has 12 N–H and O–H groups in total. The monoisotopic (exact) mass is 1380 g/mol. The van der Waals surface area contributed by atoms with Gasteiger partial charge in [-0.25, -0.2) is 13.2 Å². The van der Waals surface area contributed by atoms with E-state index in [1.165, 1.54) is 36.4 Å². The third-order valence-corrected chi connectivity index (χ3v) is 10.9. The van der Waals surface area contributed by atoms with E-state index < -0.39 is 0 Å². The maximum atomic E-state index is 12.9. The minimum absolute atomic E-state index is 0. The first-order chi connectivity index (χ1) is 42.5. The van der Waals surface area contributed by atoms with Gasteiger partial charge in [-0.3, -0.25) is 0 Å². The van der Waals surface area contributed by atoms with Crippen molar-refractivity contribution in [2.75, 3.05) is 102 Å². The molecule has 0 aliphatic heterocycles. The molecule has 32 heteroatoms. The number of halogens is 9. The number of benzene rings is 3. The van der Waals surface area contributed by atoms with Gasteiger partial charge in [0.05, 0.1) is 0 Å². The van der Waals surface area contributed by atoms with Gasteiger partial charge in [0.25, 0.3) is 0 Å². The SMILES string of the molecule is CCCN.CCCNc1nc(Cl)nc(NCCC)n1.CCCNc1nc(NCCC)nc(NCc2ccc(F)cc2)n1.CCCNc1nc(NCCC)nc(NCc2ccc(F)cc2)n1.CCOCC.Cl.Cl.Clc1nc(Cl)nc(Cl)n1.NCc1ccc(F)cc1. The zero-order valence-electron chi connectivity index (χ0n) is 52.8. The van der Waals surface area contributed by atoms with Gasteiger partial charge in [-0.1, -0.05) is 84.9 Å². The zero-order valence-corrected chi connectivity index (χ0v) is 57.4. The second kappa shape index (κ2) is 55.4. The minimum atomic E-state index is -0.244. The number of hydrogen-bond acceptors (Lipinski definition) is 23. The lowest BCUT2D eigenvalue weighted by Gasteiger charge is -2.10. The molecule has 90 heavy (non-hydrogen) atoms. The first-order valence-corrected chi connectivity index (χ1v) is 30.8. The van der Waals surface area contributed by atoms with Gasteiger partial charge in [-0.15, -0.1) is 24.8 Å². The van der Waals surface area contributed by atoms with Gasteiger partial charge in [0, 0.05) is 72.1 Å². The molecule has 502 valence electrons. The summed E-state index contributed by atoms with van der Waals surface area (Å²) in [5, 5.41) is 25.3. The molecule has 0 unspecified atom stereocenters. The molecule has 23 nitrogen and oxygen atoms in total. The Morgan fingerprint density at radius 1 is 0.322 bits per heavy atom.